The van der Waals surface area contributed by atoms with Gasteiger partial charge in [0.2, 0.25) is 0 Å². The minimum absolute atomic E-state index is 0.422. The van der Waals surface area contributed by atoms with E-state index in [0.717, 1.165) is 19.2 Å². The van der Waals surface area contributed by atoms with E-state index in [1.54, 1.807) is 0 Å². The third-order valence-corrected chi connectivity index (χ3v) is 3.94. The molecule has 0 saturated carbocycles. The van der Waals surface area contributed by atoms with Crippen molar-refractivity contribution >= 4 is 5.78 Å². The van der Waals surface area contributed by atoms with E-state index in [1.165, 1.54) is 0 Å². The van der Waals surface area contributed by atoms with E-state index >= 15 is 0 Å². The number of ether oxygens (including phenoxy) is 2. The highest BCUT2D eigenvalue weighted by atomic mass is 16.7. The van der Waals surface area contributed by atoms with Gasteiger partial charge in [-0.3, -0.25) is 4.79 Å². The van der Waals surface area contributed by atoms with Crippen molar-refractivity contribution < 1.29 is 50.0 Å². The van der Waals surface area contributed by atoms with Crippen LogP contribution in [0, 0.1) is 0 Å². The molecule has 1 saturated heterocycles. The Morgan fingerprint density at radius 3 is 2.17 bits per heavy atom. The van der Waals surface area contributed by atoms with Crippen LogP contribution in [0.25, 0.3) is 0 Å². The van der Waals surface area contributed by atoms with Crippen LogP contribution < -0.4 is 0 Å². The molecule has 1 aromatic rings. The molecule has 0 aliphatic carbocycles. The molecule has 24 heavy (non-hydrogen) atoms. The van der Waals surface area contributed by atoms with Crippen molar-refractivity contribution in [3.63, 3.8) is 0 Å². The number of aromatic hydroxyl groups is 3. The number of hydrogen-bond donors (Lipinski definition) is 7. The fourth-order valence-electron chi connectivity index (χ4n) is 2.53. The van der Waals surface area contributed by atoms with E-state index in [0.29, 0.717) is 0 Å². The molecule has 1 unspecified atom stereocenters. The van der Waals surface area contributed by atoms with Crippen molar-refractivity contribution in [2.45, 2.75) is 30.2 Å². The molecule has 0 radical (unpaired) electrons. The van der Waals surface area contributed by atoms with Gasteiger partial charge >= 0.3 is 0 Å². The number of phenols is 3. The zero-order chi connectivity index (χ0) is 18.2. The Kier molecular flexibility index (Phi) is 4.99. The second kappa shape index (κ2) is 6.51. The molecule has 0 spiro atoms. The highest BCUT2D eigenvalue weighted by molar-refractivity contribution is 6.04. The first kappa shape index (κ1) is 18.4. The molecule has 10 heteroatoms. The first-order valence-corrected chi connectivity index (χ1v) is 6.85. The summed E-state index contributed by atoms with van der Waals surface area (Å²) in [5, 5.41) is 67.7. The van der Waals surface area contributed by atoms with E-state index in [-0.39, 0.29) is 0 Å². The number of ketones is 1. The van der Waals surface area contributed by atoms with E-state index in [9.17, 15) is 40.5 Å². The van der Waals surface area contributed by atoms with Crippen molar-refractivity contribution in [2.24, 2.45) is 0 Å². The smallest absolute Gasteiger partial charge is 0.200 e. The third-order valence-electron chi connectivity index (χ3n) is 3.94. The molecule has 0 aromatic heterocycles. The van der Waals surface area contributed by atoms with Crippen LogP contribution in [0.15, 0.2) is 12.1 Å². The standard InChI is InChI=1S/C14H18O10/c1-23-13-10(20)9(19)12(22)14(4-15,24-13)11(21)5-2-6(16)8(18)7(17)3-5/h2-3,9-10,12-13,15-20,22H,4H2,1H3/t9-,10-,12+,13-,14?/m0/s1. The van der Waals surface area contributed by atoms with Gasteiger partial charge in [0.05, 0.1) is 6.61 Å². The lowest BCUT2D eigenvalue weighted by Gasteiger charge is -2.46. The fraction of sp³-hybridized carbons (Fsp3) is 0.500. The molecule has 5 atom stereocenters. The summed E-state index contributed by atoms with van der Waals surface area (Å²) in [6, 6.07) is 1.56. The summed E-state index contributed by atoms with van der Waals surface area (Å²) in [5.74, 6) is -3.61. The number of Topliss-reactive ketones (excluding diaryl/α,β-unsaturated/α-hetero) is 1. The van der Waals surface area contributed by atoms with Crippen molar-refractivity contribution in [3.05, 3.63) is 17.7 Å². The third kappa shape index (κ3) is 2.69. The fourth-order valence-corrected chi connectivity index (χ4v) is 2.53. The Morgan fingerprint density at radius 1 is 1.17 bits per heavy atom. The van der Waals surface area contributed by atoms with Crippen LogP contribution in [0.3, 0.4) is 0 Å². The van der Waals surface area contributed by atoms with Gasteiger partial charge in [0, 0.05) is 12.7 Å². The summed E-state index contributed by atoms with van der Waals surface area (Å²) in [6.45, 7) is -1.10. The Bertz CT molecular complexity index is 607. The predicted molar refractivity (Wildman–Crippen MR) is 75.5 cm³/mol. The zero-order valence-electron chi connectivity index (χ0n) is 12.5. The lowest BCUT2D eigenvalue weighted by atomic mass is 9.81. The van der Waals surface area contributed by atoms with Crippen LogP contribution in [0.2, 0.25) is 0 Å². The Hall–Kier alpha value is -1.95. The van der Waals surface area contributed by atoms with E-state index in [4.69, 9.17) is 9.47 Å². The van der Waals surface area contributed by atoms with Gasteiger partial charge in [0.25, 0.3) is 0 Å². The summed E-state index contributed by atoms with van der Waals surface area (Å²) in [4.78, 5) is 12.7. The molecule has 134 valence electrons. The van der Waals surface area contributed by atoms with Gasteiger partial charge in [0.1, 0.15) is 18.3 Å². The highest BCUT2D eigenvalue weighted by Gasteiger charge is 2.58. The molecule has 2 rings (SSSR count). The van der Waals surface area contributed by atoms with Crippen LogP contribution in [0.5, 0.6) is 17.2 Å². The number of benzene rings is 1. The number of hydrogen-bond acceptors (Lipinski definition) is 10. The maximum atomic E-state index is 12.7. The first-order valence-electron chi connectivity index (χ1n) is 6.85. The number of phenolic OH excluding ortho intramolecular Hbond substituents is 3. The summed E-state index contributed by atoms with van der Waals surface area (Å²) < 4.78 is 9.97. The molecule has 0 bridgehead atoms. The maximum Gasteiger partial charge on any atom is 0.200 e. The monoisotopic (exact) mass is 346 g/mol. The molecule has 10 nitrogen and oxygen atoms in total. The van der Waals surface area contributed by atoms with Crippen LogP contribution >= 0.6 is 0 Å². The van der Waals surface area contributed by atoms with Crippen molar-refractivity contribution in [2.75, 3.05) is 13.7 Å². The van der Waals surface area contributed by atoms with Crippen LogP contribution in [-0.2, 0) is 9.47 Å². The number of methoxy groups -OCH3 is 1. The lowest BCUT2D eigenvalue weighted by molar-refractivity contribution is -0.316. The quantitative estimate of drug-likeness (QED) is 0.234. The molecule has 0 amide bonds. The molecule has 1 fully saturated rings. The molecule has 1 aliphatic heterocycles. The largest absolute Gasteiger partial charge is 0.504 e. The van der Waals surface area contributed by atoms with Crippen LogP contribution in [0.4, 0.5) is 0 Å². The predicted octanol–water partition coefficient (Wildman–Crippen LogP) is -2.20. The van der Waals surface area contributed by atoms with Crippen LogP contribution in [0.1, 0.15) is 10.4 Å². The lowest BCUT2D eigenvalue weighted by Crippen LogP contribution is -2.69. The average molecular weight is 346 g/mol. The number of aliphatic hydroxyl groups excluding tert-OH is 4. The molecule has 1 aliphatic rings. The Labute approximate surface area is 135 Å². The second-order valence-electron chi connectivity index (χ2n) is 5.39. The molecule has 7 N–H and O–H groups in total. The summed E-state index contributed by atoms with van der Waals surface area (Å²) in [6.07, 6.45) is -7.12. The molecule has 1 aromatic carbocycles. The minimum Gasteiger partial charge on any atom is -0.504 e. The van der Waals surface area contributed by atoms with Crippen LogP contribution in [-0.4, -0.2) is 85.4 Å². The molecular formula is C14H18O10. The Balaban J connectivity index is 2.50. The van der Waals surface area contributed by atoms with Crippen molar-refractivity contribution in [3.8, 4) is 17.2 Å². The van der Waals surface area contributed by atoms with E-state index < -0.39 is 65.4 Å². The molecule has 1 heterocycles. The number of aliphatic hydroxyl groups is 4. The molecular weight excluding hydrogens is 328 g/mol. The number of carbonyl (C=O) groups excluding carboxylic acids is 1. The van der Waals surface area contributed by atoms with Gasteiger partial charge in [-0.05, 0) is 12.1 Å². The summed E-state index contributed by atoms with van der Waals surface area (Å²) in [5.41, 5.74) is -2.84. The highest BCUT2D eigenvalue weighted by Crippen LogP contribution is 2.39. The summed E-state index contributed by atoms with van der Waals surface area (Å²) >= 11 is 0. The number of carbonyl (C=O) groups is 1. The Morgan fingerprint density at radius 2 is 1.71 bits per heavy atom. The van der Waals surface area contributed by atoms with E-state index in [1.807, 2.05) is 0 Å². The SMILES string of the molecule is CO[C@H]1OC(CO)(C(=O)c2cc(O)c(O)c(O)c2)[C@H](O)[C@@H](O)[C@@H]1O. The van der Waals surface area contributed by atoms with Crippen molar-refractivity contribution in [1.29, 1.82) is 0 Å². The van der Waals surface area contributed by atoms with Gasteiger partial charge < -0.3 is 45.2 Å². The average Bonchev–Trinajstić information content (AvgIpc) is 2.57. The summed E-state index contributed by atoms with van der Waals surface area (Å²) in [7, 11) is 1.11. The zero-order valence-corrected chi connectivity index (χ0v) is 12.5. The minimum atomic E-state index is -2.42. The van der Waals surface area contributed by atoms with Gasteiger partial charge in [-0.1, -0.05) is 0 Å². The second-order valence-corrected chi connectivity index (χ2v) is 5.39. The van der Waals surface area contributed by atoms with E-state index in [2.05, 4.69) is 0 Å². The maximum absolute atomic E-state index is 12.7. The number of rotatable bonds is 4. The van der Waals surface area contributed by atoms with Gasteiger partial charge in [-0.2, -0.15) is 0 Å². The first-order chi connectivity index (χ1) is 11.2. The van der Waals surface area contributed by atoms with Gasteiger partial charge in [-0.15, -0.1) is 0 Å². The topological polar surface area (TPSA) is 177 Å². The van der Waals surface area contributed by atoms with Gasteiger partial charge in [-0.25, -0.2) is 0 Å². The normalized spacial score (nSPS) is 33.4. The van der Waals surface area contributed by atoms with Crippen molar-refractivity contribution in [1.82, 2.24) is 0 Å². The van der Waals surface area contributed by atoms with Gasteiger partial charge in [0.15, 0.2) is 34.9 Å².